The summed E-state index contributed by atoms with van der Waals surface area (Å²) < 4.78 is 16.8. The van der Waals surface area contributed by atoms with Gasteiger partial charge in [-0.15, -0.1) is 0 Å². The van der Waals surface area contributed by atoms with Gasteiger partial charge in [0.2, 0.25) is 0 Å². The third-order valence-electron chi connectivity index (χ3n) is 4.49. The van der Waals surface area contributed by atoms with Gasteiger partial charge in [-0.3, -0.25) is 9.80 Å². The normalized spacial score (nSPS) is 27.3. The molecule has 0 unspecified atom stereocenters. The van der Waals surface area contributed by atoms with Crippen LogP contribution in [0.2, 0.25) is 0 Å². The van der Waals surface area contributed by atoms with Crippen molar-refractivity contribution in [2.75, 3.05) is 18.2 Å². The number of hydrogen-bond acceptors (Lipinski definition) is 7. The number of nitrogens with zero attached hydrogens (tertiary/aromatic N) is 2. The molecule has 140 valence electrons. The summed E-state index contributed by atoms with van der Waals surface area (Å²) in [7, 11) is 0. The summed E-state index contributed by atoms with van der Waals surface area (Å²) >= 11 is 0. The molecule has 2 aliphatic heterocycles. The SMILES string of the molecule is CCOC(=O)C1=NN(c2ccccc2)[C@@H](C(C)=O)[C@@H]1[C@H]1COC(C)(C)O1. The molecule has 1 aromatic rings. The average Bonchev–Trinajstić information content (AvgIpc) is 3.16. The lowest BCUT2D eigenvalue weighted by atomic mass is 9.87. The fourth-order valence-corrected chi connectivity index (χ4v) is 3.42. The second-order valence-electron chi connectivity index (χ2n) is 6.83. The zero-order valence-electron chi connectivity index (χ0n) is 15.5. The van der Waals surface area contributed by atoms with Crippen LogP contribution in [0, 0.1) is 5.92 Å². The topological polar surface area (TPSA) is 77.4 Å². The van der Waals surface area contributed by atoms with E-state index in [0.29, 0.717) is 0 Å². The first-order valence-electron chi connectivity index (χ1n) is 8.76. The Bertz CT molecular complexity index is 716. The van der Waals surface area contributed by atoms with Gasteiger partial charge in [0.05, 0.1) is 30.9 Å². The third kappa shape index (κ3) is 3.50. The molecule has 0 spiro atoms. The highest BCUT2D eigenvalue weighted by Gasteiger charge is 2.52. The van der Waals surface area contributed by atoms with Gasteiger partial charge in [0, 0.05) is 0 Å². The molecule has 7 heteroatoms. The van der Waals surface area contributed by atoms with Crippen molar-refractivity contribution in [3.8, 4) is 0 Å². The number of anilines is 1. The Labute approximate surface area is 152 Å². The van der Waals surface area contributed by atoms with Crippen LogP contribution >= 0.6 is 0 Å². The van der Waals surface area contributed by atoms with Gasteiger partial charge in [0.1, 0.15) is 6.04 Å². The number of benzene rings is 1. The van der Waals surface area contributed by atoms with Crippen LogP contribution in [0.15, 0.2) is 35.4 Å². The van der Waals surface area contributed by atoms with Crippen molar-refractivity contribution in [2.24, 2.45) is 11.0 Å². The molecule has 3 atom stereocenters. The summed E-state index contributed by atoms with van der Waals surface area (Å²) in [5, 5.41) is 6.06. The van der Waals surface area contributed by atoms with Gasteiger partial charge < -0.3 is 14.2 Å². The van der Waals surface area contributed by atoms with Crippen LogP contribution in [-0.2, 0) is 23.8 Å². The van der Waals surface area contributed by atoms with Crippen LogP contribution in [0.5, 0.6) is 0 Å². The Morgan fingerprint density at radius 2 is 2.00 bits per heavy atom. The number of ketones is 1. The van der Waals surface area contributed by atoms with Gasteiger partial charge in [-0.25, -0.2) is 4.79 Å². The minimum absolute atomic E-state index is 0.102. The molecule has 0 aliphatic carbocycles. The summed E-state index contributed by atoms with van der Waals surface area (Å²) in [6.45, 7) is 7.36. The molecular weight excluding hydrogens is 336 g/mol. The van der Waals surface area contributed by atoms with E-state index in [4.69, 9.17) is 14.2 Å². The molecular formula is C19H24N2O5. The van der Waals surface area contributed by atoms with Gasteiger partial charge in [-0.05, 0) is 39.8 Å². The second kappa shape index (κ2) is 7.17. The number of carbonyl (C=O) groups excluding carboxylic acids is 2. The van der Waals surface area contributed by atoms with Crippen LogP contribution in [0.25, 0.3) is 0 Å². The second-order valence-corrected chi connectivity index (χ2v) is 6.83. The van der Waals surface area contributed by atoms with Crippen LogP contribution in [0.1, 0.15) is 27.7 Å². The van der Waals surface area contributed by atoms with Crippen molar-refractivity contribution >= 4 is 23.2 Å². The highest BCUT2D eigenvalue weighted by molar-refractivity contribution is 6.39. The zero-order valence-corrected chi connectivity index (χ0v) is 15.5. The van der Waals surface area contributed by atoms with E-state index in [1.807, 2.05) is 30.3 Å². The predicted molar refractivity (Wildman–Crippen MR) is 95.9 cm³/mol. The molecule has 3 rings (SSSR count). The van der Waals surface area contributed by atoms with Gasteiger partial charge in [0.15, 0.2) is 17.3 Å². The Morgan fingerprint density at radius 1 is 1.31 bits per heavy atom. The van der Waals surface area contributed by atoms with Crippen molar-refractivity contribution in [1.29, 1.82) is 0 Å². The lowest BCUT2D eigenvalue weighted by Gasteiger charge is -2.29. The molecule has 0 amide bonds. The summed E-state index contributed by atoms with van der Waals surface area (Å²) in [6, 6.07) is 8.64. The molecule has 0 N–H and O–H groups in total. The van der Waals surface area contributed by atoms with E-state index < -0.39 is 29.8 Å². The summed E-state index contributed by atoms with van der Waals surface area (Å²) in [6.07, 6.45) is -0.462. The van der Waals surface area contributed by atoms with Crippen molar-refractivity contribution in [3.63, 3.8) is 0 Å². The molecule has 2 aliphatic rings. The van der Waals surface area contributed by atoms with Gasteiger partial charge >= 0.3 is 5.97 Å². The Kier molecular flexibility index (Phi) is 5.11. The summed E-state index contributed by atoms with van der Waals surface area (Å²) in [4.78, 5) is 25.1. The molecule has 7 nitrogen and oxygen atoms in total. The van der Waals surface area contributed by atoms with Gasteiger partial charge in [-0.2, -0.15) is 5.10 Å². The third-order valence-corrected chi connectivity index (χ3v) is 4.49. The van der Waals surface area contributed by atoms with Crippen molar-refractivity contribution in [1.82, 2.24) is 0 Å². The lowest BCUT2D eigenvalue weighted by Crippen LogP contribution is -2.47. The first-order chi connectivity index (χ1) is 12.3. The van der Waals surface area contributed by atoms with Crippen molar-refractivity contribution < 1.29 is 23.8 Å². The fraction of sp³-hybridized carbons (Fsp3) is 0.526. The molecule has 0 aromatic heterocycles. The Balaban J connectivity index is 2.02. The van der Waals surface area contributed by atoms with Crippen LogP contribution in [-0.4, -0.2) is 48.6 Å². The summed E-state index contributed by atoms with van der Waals surface area (Å²) in [5.41, 5.74) is 0.928. The largest absolute Gasteiger partial charge is 0.461 e. The number of ether oxygens (including phenoxy) is 3. The molecule has 1 saturated heterocycles. The molecule has 26 heavy (non-hydrogen) atoms. The van der Waals surface area contributed by atoms with Gasteiger partial charge in [-0.1, -0.05) is 18.2 Å². The average molecular weight is 360 g/mol. The molecule has 2 heterocycles. The maximum Gasteiger partial charge on any atom is 0.354 e. The summed E-state index contributed by atoms with van der Waals surface area (Å²) in [5.74, 6) is -1.97. The van der Waals surface area contributed by atoms with Gasteiger partial charge in [0.25, 0.3) is 0 Å². The molecule has 0 saturated carbocycles. The van der Waals surface area contributed by atoms with Crippen molar-refractivity contribution in [2.45, 2.75) is 45.6 Å². The standard InChI is InChI=1S/C19H24N2O5/c1-5-24-18(23)16-15(14-11-25-19(3,4)26-14)17(12(2)22)21(20-16)13-9-7-6-8-10-13/h6-10,14-15,17H,5,11H2,1-4H3/t14-,15-,17+/m1/s1. The maximum atomic E-state index is 12.5. The van der Waals surface area contributed by atoms with E-state index in [0.717, 1.165) is 5.69 Å². The van der Waals surface area contributed by atoms with Crippen LogP contribution in [0.3, 0.4) is 0 Å². The number of esters is 1. The number of Topliss-reactive ketones (excluding diaryl/α,β-unsaturated/α-hetero) is 1. The van der Waals surface area contributed by atoms with E-state index in [-0.39, 0.29) is 24.7 Å². The quantitative estimate of drug-likeness (QED) is 0.749. The Morgan fingerprint density at radius 3 is 2.54 bits per heavy atom. The molecule has 1 aromatic carbocycles. The van der Waals surface area contributed by atoms with E-state index in [1.165, 1.54) is 6.92 Å². The molecule has 1 fully saturated rings. The zero-order chi connectivity index (χ0) is 18.9. The van der Waals surface area contributed by atoms with E-state index >= 15 is 0 Å². The molecule has 0 radical (unpaired) electrons. The smallest absolute Gasteiger partial charge is 0.354 e. The maximum absolute atomic E-state index is 12.5. The number of carbonyl (C=O) groups is 2. The first kappa shape index (κ1) is 18.5. The lowest BCUT2D eigenvalue weighted by molar-refractivity contribution is -0.145. The van der Waals surface area contributed by atoms with Crippen molar-refractivity contribution in [3.05, 3.63) is 30.3 Å². The van der Waals surface area contributed by atoms with E-state index in [9.17, 15) is 9.59 Å². The predicted octanol–water partition coefficient (Wildman–Crippen LogP) is 2.15. The number of para-hydroxylation sites is 1. The first-order valence-corrected chi connectivity index (χ1v) is 8.76. The minimum atomic E-state index is -0.772. The number of hydrogen-bond donors (Lipinski definition) is 0. The van der Waals surface area contributed by atoms with E-state index in [2.05, 4.69) is 5.10 Å². The number of hydrazone groups is 1. The van der Waals surface area contributed by atoms with E-state index in [1.54, 1.807) is 25.8 Å². The molecule has 0 bridgehead atoms. The number of rotatable bonds is 5. The van der Waals surface area contributed by atoms with Crippen LogP contribution in [0.4, 0.5) is 5.69 Å². The Hall–Kier alpha value is -2.25. The van der Waals surface area contributed by atoms with Crippen LogP contribution < -0.4 is 5.01 Å². The highest BCUT2D eigenvalue weighted by atomic mass is 16.7. The fourth-order valence-electron chi connectivity index (χ4n) is 3.42. The minimum Gasteiger partial charge on any atom is -0.461 e. The monoisotopic (exact) mass is 360 g/mol. The highest BCUT2D eigenvalue weighted by Crippen LogP contribution is 2.37.